The van der Waals surface area contributed by atoms with Gasteiger partial charge in [0, 0.05) is 34.9 Å². The maximum Gasteiger partial charge on any atom is 0.127 e. The standard InChI is InChI=1S/C21H31FN2S/c1-20(2,3)13-24-12-15(11-23-25-21(4,5)6)17-9-18(22)16(10-19(17)24)14-7-8-14/h9-10,12,14,23H,7-8,11,13H2,1-6H3. The van der Waals surface area contributed by atoms with E-state index >= 15 is 0 Å². The van der Waals surface area contributed by atoms with Crippen molar-refractivity contribution in [3.05, 3.63) is 35.3 Å². The molecule has 1 N–H and O–H groups in total. The van der Waals surface area contributed by atoms with E-state index in [2.05, 4.69) is 63.1 Å². The fourth-order valence-corrected chi connectivity index (χ4v) is 3.88. The first kappa shape index (κ1) is 18.8. The van der Waals surface area contributed by atoms with Crippen LogP contribution in [0.2, 0.25) is 0 Å². The molecule has 0 atom stereocenters. The molecule has 3 rings (SSSR count). The summed E-state index contributed by atoms with van der Waals surface area (Å²) in [6, 6.07) is 3.87. The SMILES string of the molecule is CC(C)(C)Cn1cc(CNSC(C)(C)C)c2cc(F)c(C3CC3)cc21. The van der Waals surface area contributed by atoms with Gasteiger partial charge in [0.2, 0.25) is 0 Å². The minimum Gasteiger partial charge on any atom is -0.347 e. The van der Waals surface area contributed by atoms with Crippen molar-refractivity contribution < 1.29 is 4.39 Å². The zero-order valence-electron chi connectivity index (χ0n) is 16.4. The minimum atomic E-state index is -0.0340. The van der Waals surface area contributed by atoms with Crippen LogP contribution in [0.4, 0.5) is 4.39 Å². The highest BCUT2D eigenvalue weighted by Crippen LogP contribution is 2.43. The Bertz CT molecular complexity index is 761. The summed E-state index contributed by atoms with van der Waals surface area (Å²) in [5.41, 5.74) is 3.45. The second-order valence-electron chi connectivity index (χ2n) is 9.54. The molecule has 1 aliphatic carbocycles. The van der Waals surface area contributed by atoms with Crippen molar-refractivity contribution in [3.63, 3.8) is 0 Å². The van der Waals surface area contributed by atoms with Gasteiger partial charge in [-0.15, -0.1) is 0 Å². The maximum atomic E-state index is 14.6. The van der Waals surface area contributed by atoms with Gasteiger partial charge in [0.1, 0.15) is 5.82 Å². The van der Waals surface area contributed by atoms with Crippen LogP contribution in [0.3, 0.4) is 0 Å². The van der Waals surface area contributed by atoms with Crippen LogP contribution in [-0.2, 0) is 13.1 Å². The van der Waals surface area contributed by atoms with Crippen molar-refractivity contribution in [2.45, 2.75) is 78.1 Å². The lowest BCUT2D eigenvalue weighted by Crippen LogP contribution is -2.16. The van der Waals surface area contributed by atoms with E-state index in [0.717, 1.165) is 36.9 Å². The van der Waals surface area contributed by atoms with Gasteiger partial charge < -0.3 is 4.57 Å². The van der Waals surface area contributed by atoms with Gasteiger partial charge in [-0.25, -0.2) is 4.39 Å². The third-order valence-corrected chi connectivity index (χ3v) is 5.29. The summed E-state index contributed by atoms with van der Waals surface area (Å²) < 4.78 is 20.6. The molecule has 0 bridgehead atoms. The molecule has 2 nitrogen and oxygen atoms in total. The van der Waals surface area contributed by atoms with Crippen molar-refractivity contribution in [1.29, 1.82) is 0 Å². The minimum absolute atomic E-state index is 0.0340. The summed E-state index contributed by atoms with van der Waals surface area (Å²) in [7, 11) is 0. The average Bonchev–Trinajstić information content (AvgIpc) is 3.22. The van der Waals surface area contributed by atoms with E-state index in [1.54, 1.807) is 18.0 Å². The van der Waals surface area contributed by atoms with Crippen molar-refractivity contribution >= 4 is 22.9 Å². The zero-order valence-corrected chi connectivity index (χ0v) is 17.2. The highest BCUT2D eigenvalue weighted by Gasteiger charge is 2.28. The first-order valence-electron chi connectivity index (χ1n) is 9.25. The van der Waals surface area contributed by atoms with Gasteiger partial charge in [-0.3, -0.25) is 4.72 Å². The molecule has 0 saturated heterocycles. The Kier molecular flexibility index (Phi) is 4.97. The van der Waals surface area contributed by atoms with Crippen LogP contribution in [0, 0.1) is 11.2 Å². The van der Waals surface area contributed by atoms with Gasteiger partial charge in [-0.1, -0.05) is 32.7 Å². The monoisotopic (exact) mass is 362 g/mol. The van der Waals surface area contributed by atoms with E-state index in [9.17, 15) is 4.39 Å². The van der Waals surface area contributed by atoms with Crippen LogP contribution < -0.4 is 4.72 Å². The van der Waals surface area contributed by atoms with Crippen LogP contribution in [0.25, 0.3) is 10.9 Å². The van der Waals surface area contributed by atoms with Crippen LogP contribution >= 0.6 is 11.9 Å². The molecule has 1 heterocycles. The van der Waals surface area contributed by atoms with Crippen molar-refractivity contribution in [1.82, 2.24) is 9.29 Å². The molecule has 138 valence electrons. The number of aromatic nitrogens is 1. The Hall–Kier alpha value is -1.00. The van der Waals surface area contributed by atoms with E-state index in [1.807, 2.05) is 0 Å². The zero-order chi connectivity index (χ0) is 18.4. The smallest absolute Gasteiger partial charge is 0.127 e. The summed E-state index contributed by atoms with van der Waals surface area (Å²) >= 11 is 1.73. The maximum absolute atomic E-state index is 14.6. The number of rotatable bonds is 5. The number of nitrogens with zero attached hydrogens (tertiary/aromatic N) is 1. The Balaban J connectivity index is 1.96. The van der Waals surface area contributed by atoms with Gasteiger partial charge in [0.05, 0.1) is 0 Å². The largest absolute Gasteiger partial charge is 0.347 e. The molecule has 0 radical (unpaired) electrons. The number of nitrogens with one attached hydrogen (secondary N) is 1. The number of hydrogen-bond acceptors (Lipinski definition) is 2. The van der Waals surface area contributed by atoms with E-state index in [1.165, 1.54) is 11.1 Å². The first-order valence-corrected chi connectivity index (χ1v) is 10.1. The van der Waals surface area contributed by atoms with E-state index in [0.29, 0.717) is 5.92 Å². The molecule has 1 aliphatic rings. The Morgan fingerprint density at radius 2 is 1.84 bits per heavy atom. The Morgan fingerprint density at radius 3 is 2.40 bits per heavy atom. The van der Waals surface area contributed by atoms with E-state index < -0.39 is 0 Å². The number of halogens is 1. The molecule has 2 aromatic rings. The van der Waals surface area contributed by atoms with Gasteiger partial charge in [0.25, 0.3) is 0 Å². The molecular formula is C21H31FN2S. The molecule has 1 aromatic carbocycles. The van der Waals surface area contributed by atoms with Crippen molar-refractivity contribution in [3.8, 4) is 0 Å². The molecule has 1 aromatic heterocycles. The molecule has 4 heteroatoms. The summed E-state index contributed by atoms with van der Waals surface area (Å²) in [5, 5.41) is 1.05. The molecule has 0 unspecified atom stereocenters. The number of hydrogen-bond donors (Lipinski definition) is 1. The lowest BCUT2D eigenvalue weighted by molar-refractivity contribution is 0.349. The van der Waals surface area contributed by atoms with Gasteiger partial charge >= 0.3 is 0 Å². The highest BCUT2D eigenvalue weighted by molar-refractivity contribution is 7.98. The summed E-state index contributed by atoms with van der Waals surface area (Å²) in [5.74, 6) is 0.397. The van der Waals surface area contributed by atoms with E-state index in [4.69, 9.17) is 0 Å². The molecule has 0 aliphatic heterocycles. The average molecular weight is 363 g/mol. The highest BCUT2D eigenvalue weighted by atomic mass is 32.2. The first-order chi connectivity index (χ1) is 11.5. The third-order valence-electron chi connectivity index (χ3n) is 4.38. The molecule has 0 spiro atoms. The lowest BCUT2D eigenvalue weighted by Gasteiger charge is -2.20. The third kappa shape index (κ3) is 4.79. The van der Waals surface area contributed by atoms with Crippen LogP contribution in [-0.4, -0.2) is 9.31 Å². The summed E-state index contributed by atoms with van der Waals surface area (Å²) in [6.45, 7) is 15.0. The topological polar surface area (TPSA) is 17.0 Å². The van der Waals surface area contributed by atoms with Crippen LogP contribution in [0.15, 0.2) is 18.3 Å². The fourth-order valence-electron chi connectivity index (χ4n) is 3.22. The van der Waals surface area contributed by atoms with E-state index in [-0.39, 0.29) is 16.0 Å². The normalized spacial score (nSPS) is 16.0. The molecular weight excluding hydrogens is 331 g/mol. The molecule has 1 fully saturated rings. The van der Waals surface area contributed by atoms with Gasteiger partial charge in [0.15, 0.2) is 0 Å². The number of benzene rings is 1. The summed E-state index contributed by atoms with van der Waals surface area (Å²) in [6.07, 6.45) is 4.46. The quantitative estimate of drug-likeness (QED) is 0.634. The predicted molar refractivity (Wildman–Crippen MR) is 108 cm³/mol. The Morgan fingerprint density at radius 1 is 1.16 bits per heavy atom. The number of fused-ring (bicyclic) bond motifs is 1. The second-order valence-corrected chi connectivity index (χ2v) is 11.3. The van der Waals surface area contributed by atoms with Crippen LogP contribution in [0.5, 0.6) is 0 Å². The molecule has 0 amide bonds. The molecule has 1 saturated carbocycles. The second kappa shape index (κ2) is 6.62. The Labute approximate surface area is 155 Å². The lowest BCUT2D eigenvalue weighted by atomic mass is 9.97. The summed E-state index contributed by atoms with van der Waals surface area (Å²) in [4.78, 5) is 0. The van der Waals surface area contributed by atoms with Gasteiger partial charge in [-0.2, -0.15) is 0 Å². The molecule has 25 heavy (non-hydrogen) atoms. The van der Waals surface area contributed by atoms with Crippen molar-refractivity contribution in [2.24, 2.45) is 5.41 Å². The predicted octanol–water partition coefficient (Wildman–Crippen LogP) is 6.24. The van der Waals surface area contributed by atoms with Crippen LogP contribution in [0.1, 0.15) is 71.4 Å². The van der Waals surface area contributed by atoms with Gasteiger partial charge in [-0.05, 0) is 68.2 Å². The van der Waals surface area contributed by atoms with Crippen molar-refractivity contribution in [2.75, 3.05) is 0 Å². The fraction of sp³-hybridized carbons (Fsp3) is 0.619.